The minimum atomic E-state index is -4.55. The quantitative estimate of drug-likeness (QED) is 0.451. The predicted molar refractivity (Wildman–Crippen MR) is 96.5 cm³/mol. The predicted octanol–water partition coefficient (Wildman–Crippen LogP) is 5.46. The number of carbonyl (C=O) groups excluding carboxylic acids is 2. The lowest BCUT2D eigenvalue weighted by molar-refractivity contribution is -0.137. The van der Waals surface area contributed by atoms with Crippen molar-refractivity contribution in [2.45, 2.75) is 46.7 Å². The number of alkyl halides is 3. The van der Waals surface area contributed by atoms with Gasteiger partial charge in [-0.05, 0) is 36.0 Å². The Bertz CT molecular complexity index is 657. The molecule has 6 heteroatoms. The van der Waals surface area contributed by atoms with Crippen LogP contribution in [0.2, 0.25) is 0 Å². The van der Waals surface area contributed by atoms with E-state index in [1.807, 2.05) is 20.8 Å². The van der Waals surface area contributed by atoms with Crippen LogP contribution in [-0.2, 0) is 15.8 Å². The van der Waals surface area contributed by atoms with Crippen LogP contribution in [-0.4, -0.2) is 12.3 Å². The molecular weight excluding hydrogens is 343 g/mol. The summed E-state index contributed by atoms with van der Waals surface area (Å²) in [7, 11) is 0. The van der Waals surface area contributed by atoms with Gasteiger partial charge in [0, 0.05) is 5.92 Å². The summed E-state index contributed by atoms with van der Waals surface area (Å²) >= 11 is 0. The molecule has 0 saturated carbocycles. The first-order valence-corrected chi connectivity index (χ1v) is 8.61. The molecule has 3 unspecified atom stereocenters. The second kappa shape index (κ2) is 8.52. The van der Waals surface area contributed by atoms with Gasteiger partial charge in [0.25, 0.3) is 0 Å². The fourth-order valence-corrected chi connectivity index (χ4v) is 3.13. The van der Waals surface area contributed by atoms with E-state index in [0.717, 1.165) is 29.9 Å². The molecule has 1 aromatic rings. The third-order valence-electron chi connectivity index (χ3n) is 5.23. The summed E-state index contributed by atoms with van der Waals surface area (Å²) in [6, 6.07) is 4.21. The van der Waals surface area contributed by atoms with Gasteiger partial charge >= 0.3 is 6.18 Å². The number of rotatable bonds is 8. The molecule has 0 N–H and O–H groups in total. The van der Waals surface area contributed by atoms with Crippen LogP contribution in [0, 0.1) is 17.3 Å². The molecule has 0 fully saturated rings. The highest BCUT2D eigenvalue weighted by molar-refractivity contribution is 6.08. The molecule has 26 heavy (non-hydrogen) atoms. The van der Waals surface area contributed by atoms with Gasteiger partial charge in [-0.3, -0.25) is 14.5 Å². The topological polar surface area (TPSA) is 37.4 Å². The first kappa shape index (κ1) is 21.9. The van der Waals surface area contributed by atoms with Crippen molar-refractivity contribution in [3.05, 3.63) is 42.5 Å². The Morgan fingerprint density at radius 1 is 1.31 bits per heavy atom. The number of imide groups is 1. The van der Waals surface area contributed by atoms with Crippen LogP contribution in [0.15, 0.2) is 36.9 Å². The monoisotopic (exact) mass is 369 g/mol. The summed E-state index contributed by atoms with van der Waals surface area (Å²) < 4.78 is 38.7. The summed E-state index contributed by atoms with van der Waals surface area (Å²) in [6.45, 7) is 11.5. The summed E-state index contributed by atoms with van der Waals surface area (Å²) in [6.07, 6.45) is -0.750. The van der Waals surface area contributed by atoms with E-state index in [9.17, 15) is 22.8 Å². The number of anilines is 1. The molecule has 0 aromatic heterocycles. The average Bonchev–Trinajstić information content (AvgIpc) is 2.60. The number of hydrogen-bond donors (Lipinski definition) is 0. The number of allylic oxidation sites excluding steroid dienone is 1. The Morgan fingerprint density at radius 3 is 2.38 bits per heavy atom. The average molecular weight is 369 g/mol. The minimum Gasteiger partial charge on any atom is -0.278 e. The summed E-state index contributed by atoms with van der Waals surface area (Å²) in [4.78, 5) is 25.1. The fraction of sp³-hybridized carbons (Fsp3) is 0.500. The van der Waals surface area contributed by atoms with Crippen molar-refractivity contribution in [2.75, 3.05) is 4.90 Å². The van der Waals surface area contributed by atoms with Gasteiger partial charge in [-0.25, -0.2) is 0 Å². The largest absolute Gasteiger partial charge is 0.416 e. The molecule has 0 radical (unpaired) electrons. The van der Waals surface area contributed by atoms with Crippen LogP contribution in [0.5, 0.6) is 0 Å². The Labute approximate surface area is 152 Å². The molecule has 0 bridgehead atoms. The van der Waals surface area contributed by atoms with E-state index in [1.165, 1.54) is 12.1 Å². The number of carbonyl (C=O) groups is 2. The van der Waals surface area contributed by atoms with Crippen molar-refractivity contribution in [1.29, 1.82) is 0 Å². The molecule has 0 aliphatic carbocycles. The van der Waals surface area contributed by atoms with Crippen molar-refractivity contribution in [2.24, 2.45) is 17.3 Å². The lowest BCUT2D eigenvalue weighted by atomic mass is 9.69. The van der Waals surface area contributed by atoms with Crippen LogP contribution in [0.4, 0.5) is 18.9 Å². The summed E-state index contributed by atoms with van der Waals surface area (Å²) in [5, 5.41) is 0. The van der Waals surface area contributed by atoms with E-state index >= 15 is 0 Å². The molecule has 2 amide bonds. The minimum absolute atomic E-state index is 0.0883. The SMILES string of the molecule is C=CC(C)(CCC)C(C)C(C)C(=O)N(C=O)c1cccc(C(F)(F)F)c1. The molecule has 1 rings (SSSR count). The van der Waals surface area contributed by atoms with Gasteiger partial charge in [0.15, 0.2) is 0 Å². The zero-order valence-corrected chi connectivity index (χ0v) is 15.6. The van der Waals surface area contributed by atoms with Crippen molar-refractivity contribution >= 4 is 18.0 Å². The molecule has 0 aliphatic heterocycles. The molecule has 0 spiro atoms. The van der Waals surface area contributed by atoms with Crippen LogP contribution < -0.4 is 4.90 Å². The lowest BCUT2D eigenvalue weighted by Gasteiger charge is -2.37. The Kier molecular flexibility index (Phi) is 7.18. The maximum atomic E-state index is 12.9. The smallest absolute Gasteiger partial charge is 0.278 e. The molecule has 0 saturated heterocycles. The number of hydrogen-bond acceptors (Lipinski definition) is 2. The van der Waals surface area contributed by atoms with E-state index in [2.05, 4.69) is 6.58 Å². The van der Waals surface area contributed by atoms with Crippen LogP contribution in [0.1, 0.15) is 46.1 Å². The second-order valence-electron chi connectivity index (χ2n) is 6.90. The Morgan fingerprint density at radius 2 is 1.92 bits per heavy atom. The van der Waals surface area contributed by atoms with Gasteiger partial charge in [-0.1, -0.05) is 46.3 Å². The maximum absolute atomic E-state index is 12.9. The van der Waals surface area contributed by atoms with Crippen LogP contribution >= 0.6 is 0 Å². The van der Waals surface area contributed by atoms with Crippen molar-refractivity contribution < 1.29 is 22.8 Å². The van der Waals surface area contributed by atoms with E-state index in [1.54, 1.807) is 13.0 Å². The second-order valence-corrected chi connectivity index (χ2v) is 6.90. The summed E-state index contributed by atoms with van der Waals surface area (Å²) in [5.74, 6) is -1.24. The highest BCUT2D eigenvalue weighted by Gasteiger charge is 2.37. The molecule has 1 aromatic carbocycles. The van der Waals surface area contributed by atoms with Crippen molar-refractivity contribution in [3.63, 3.8) is 0 Å². The number of amides is 2. The van der Waals surface area contributed by atoms with E-state index < -0.39 is 23.6 Å². The van der Waals surface area contributed by atoms with E-state index in [4.69, 9.17) is 0 Å². The zero-order valence-electron chi connectivity index (χ0n) is 15.6. The third-order valence-corrected chi connectivity index (χ3v) is 5.23. The molecule has 144 valence electrons. The maximum Gasteiger partial charge on any atom is 0.416 e. The van der Waals surface area contributed by atoms with Gasteiger partial charge in [-0.2, -0.15) is 13.2 Å². The molecular formula is C20H26F3NO2. The zero-order chi connectivity index (χ0) is 20.1. The van der Waals surface area contributed by atoms with E-state index in [-0.39, 0.29) is 23.4 Å². The fourth-order valence-electron chi connectivity index (χ4n) is 3.13. The molecule has 0 aliphatic rings. The highest BCUT2D eigenvalue weighted by Crippen LogP contribution is 2.39. The van der Waals surface area contributed by atoms with Gasteiger partial charge in [0.05, 0.1) is 11.3 Å². The Balaban J connectivity index is 3.16. The van der Waals surface area contributed by atoms with Crippen molar-refractivity contribution in [1.82, 2.24) is 0 Å². The van der Waals surface area contributed by atoms with Gasteiger partial charge in [0.1, 0.15) is 0 Å². The number of benzene rings is 1. The van der Waals surface area contributed by atoms with Gasteiger partial charge in [0.2, 0.25) is 12.3 Å². The van der Waals surface area contributed by atoms with Gasteiger partial charge < -0.3 is 0 Å². The standard InChI is InChI=1S/C20H26F3NO2/c1-6-11-19(5,7-2)15(4)14(3)18(26)24(13-25)17-10-8-9-16(12-17)20(21,22)23/h7-10,12-15H,2,6,11H2,1,3-5H3. The molecule has 3 nitrogen and oxygen atoms in total. The van der Waals surface area contributed by atoms with E-state index in [0.29, 0.717) is 0 Å². The molecule has 3 atom stereocenters. The first-order valence-electron chi connectivity index (χ1n) is 8.61. The van der Waals surface area contributed by atoms with Gasteiger partial charge in [-0.15, -0.1) is 6.58 Å². The number of halogens is 3. The van der Waals surface area contributed by atoms with Crippen molar-refractivity contribution in [3.8, 4) is 0 Å². The van der Waals surface area contributed by atoms with Crippen LogP contribution in [0.3, 0.4) is 0 Å². The highest BCUT2D eigenvalue weighted by atomic mass is 19.4. The number of nitrogens with zero attached hydrogens (tertiary/aromatic N) is 1. The summed E-state index contributed by atoms with van der Waals surface area (Å²) in [5.41, 5.74) is -1.31. The lowest BCUT2D eigenvalue weighted by Crippen LogP contribution is -2.40. The normalized spacial score (nSPS) is 16.3. The first-order chi connectivity index (χ1) is 12.0. The molecule has 0 heterocycles. The van der Waals surface area contributed by atoms with Crippen LogP contribution in [0.25, 0.3) is 0 Å². The Hall–Kier alpha value is -2.11. The third kappa shape index (κ3) is 4.74.